The largest absolute Gasteiger partial charge is 0.354 e. The van der Waals surface area contributed by atoms with Crippen LogP contribution < -0.4 is 11.0 Å². The van der Waals surface area contributed by atoms with Gasteiger partial charge in [0.15, 0.2) is 0 Å². The van der Waals surface area contributed by atoms with Gasteiger partial charge < -0.3 is 5.32 Å². The first-order valence-electron chi connectivity index (χ1n) is 5.09. The van der Waals surface area contributed by atoms with Gasteiger partial charge in [-0.05, 0) is 18.2 Å². The lowest BCUT2D eigenvalue weighted by atomic mass is 10.3. The van der Waals surface area contributed by atoms with Crippen LogP contribution in [0.2, 0.25) is 0 Å². The fourth-order valence-electron chi connectivity index (χ4n) is 1.44. The normalized spacial score (nSPS) is 9.94. The number of rotatable bonds is 2. The molecule has 0 saturated carbocycles. The van der Waals surface area contributed by atoms with Crippen LogP contribution in [0.25, 0.3) is 5.69 Å². The highest BCUT2D eigenvalue weighted by Gasteiger charge is 2.02. The van der Waals surface area contributed by atoms with Gasteiger partial charge in [0.1, 0.15) is 5.82 Å². The number of carbonyl (C=O) groups excluding carboxylic acids is 1. The van der Waals surface area contributed by atoms with Crippen LogP contribution in [-0.2, 0) is 4.79 Å². The third-order valence-electron chi connectivity index (χ3n) is 2.14. The Labute approximate surface area is 97.7 Å². The van der Waals surface area contributed by atoms with E-state index in [-0.39, 0.29) is 11.7 Å². The van der Waals surface area contributed by atoms with E-state index in [9.17, 15) is 9.59 Å². The monoisotopic (exact) mass is 229 g/mol. The molecule has 1 aromatic carbocycles. The Balaban J connectivity index is 2.39. The van der Waals surface area contributed by atoms with E-state index in [4.69, 9.17) is 0 Å². The van der Waals surface area contributed by atoms with Gasteiger partial charge in [-0.15, -0.1) is 0 Å². The van der Waals surface area contributed by atoms with E-state index in [0.29, 0.717) is 0 Å². The number of anilines is 1. The molecule has 0 radical (unpaired) electrons. The lowest BCUT2D eigenvalue weighted by Gasteiger charge is -2.05. The maximum absolute atomic E-state index is 11.7. The van der Waals surface area contributed by atoms with E-state index in [1.54, 1.807) is 24.4 Å². The molecule has 0 spiro atoms. The second kappa shape index (κ2) is 4.61. The van der Waals surface area contributed by atoms with Crippen molar-refractivity contribution >= 4 is 11.7 Å². The predicted molar refractivity (Wildman–Crippen MR) is 64.1 cm³/mol. The molecule has 17 heavy (non-hydrogen) atoms. The van der Waals surface area contributed by atoms with Crippen molar-refractivity contribution in [2.45, 2.75) is 6.92 Å². The molecule has 5 nitrogen and oxygen atoms in total. The Morgan fingerprint density at radius 1 is 1.24 bits per heavy atom. The van der Waals surface area contributed by atoms with Crippen molar-refractivity contribution in [2.24, 2.45) is 0 Å². The number of amides is 1. The quantitative estimate of drug-likeness (QED) is 0.841. The molecule has 0 unspecified atom stereocenters. The molecule has 86 valence electrons. The maximum Gasteiger partial charge on any atom is 0.354 e. The van der Waals surface area contributed by atoms with Crippen molar-refractivity contribution in [1.82, 2.24) is 9.55 Å². The molecule has 1 heterocycles. The number of aromatic nitrogens is 2. The minimum Gasteiger partial charge on any atom is -0.311 e. The molecule has 5 heteroatoms. The zero-order valence-corrected chi connectivity index (χ0v) is 9.25. The van der Waals surface area contributed by atoms with Crippen LogP contribution in [0.1, 0.15) is 6.92 Å². The third-order valence-corrected chi connectivity index (χ3v) is 2.14. The molecule has 0 fully saturated rings. The summed E-state index contributed by atoms with van der Waals surface area (Å²) in [5.74, 6) is 0.00374. The van der Waals surface area contributed by atoms with Gasteiger partial charge in [0.25, 0.3) is 0 Å². The second-order valence-electron chi connectivity index (χ2n) is 3.48. The van der Waals surface area contributed by atoms with Crippen molar-refractivity contribution in [2.75, 3.05) is 5.32 Å². The summed E-state index contributed by atoms with van der Waals surface area (Å²) in [5, 5.41) is 2.46. The number of hydrogen-bond acceptors (Lipinski definition) is 3. The highest BCUT2D eigenvalue weighted by Crippen LogP contribution is 2.05. The van der Waals surface area contributed by atoms with Gasteiger partial charge in [0.2, 0.25) is 5.91 Å². The van der Waals surface area contributed by atoms with Crippen LogP contribution in [0.5, 0.6) is 0 Å². The maximum atomic E-state index is 11.7. The number of para-hydroxylation sites is 1. The van der Waals surface area contributed by atoms with Gasteiger partial charge in [-0.1, -0.05) is 18.2 Å². The van der Waals surface area contributed by atoms with Gasteiger partial charge in [-0.2, -0.15) is 4.98 Å². The molecule has 1 amide bonds. The summed E-state index contributed by atoms with van der Waals surface area (Å²) in [5.41, 5.74) is 0.307. The molecule has 2 aromatic rings. The standard InChI is InChI=1S/C12H11N3O2/c1-9(16)13-11-7-8-15(12(17)14-11)10-5-3-2-4-6-10/h2-8H,1H3,(H,13,14,16,17). The second-order valence-corrected chi connectivity index (χ2v) is 3.48. The average molecular weight is 229 g/mol. The van der Waals surface area contributed by atoms with Crippen molar-refractivity contribution < 1.29 is 4.79 Å². The van der Waals surface area contributed by atoms with E-state index in [2.05, 4.69) is 10.3 Å². The molecule has 1 N–H and O–H groups in total. The first-order valence-corrected chi connectivity index (χ1v) is 5.09. The molecule has 0 aliphatic rings. The molecule has 2 rings (SSSR count). The minimum atomic E-state index is -0.428. The lowest BCUT2D eigenvalue weighted by Crippen LogP contribution is -2.22. The molecular formula is C12H11N3O2. The zero-order chi connectivity index (χ0) is 12.3. The Kier molecular flexibility index (Phi) is 3.00. The Morgan fingerprint density at radius 2 is 1.94 bits per heavy atom. The molecule has 0 aliphatic heterocycles. The number of hydrogen-bond donors (Lipinski definition) is 1. The third kappa shape index (κ3) is 2.57. The van der Waals surface area contributed by atoms with Crippen molar-refractivity contribution in [3.05, 3.63) is 53.1 Å². The van der Waals surface area contributed by atoms with Gasteiger partial charge in [-0.3, -0.25) is 9.36 Å². The Bertz CT molecular complexity index is 590. The first-order chi connectivity index (χ1) is 8.16. The van der Waals surface area contributed by atoms with Gasteiger partial charge >= 0.3 is 5.69 Å². The van der Waals surface area contributed by atoms with Gasteiger partial charge in [0.05, 0.1) is 5.69 Å². The highest BCUT2D eigenvalue weighted by atomic mass is 16.2. The van der Waals surface area contributed by atoms with Crippen LogP contribution in [0.4, 0.5) is 5.82 Å². The summed E-state index contributed by atoms with van der Waals surface area (Å²) in [7, 11) is 0. The van der Waals surface area contributed by atoms with Crippen molar-refractivity contribution in [1.29, 1.82) is 0 Å². The summed E-state index contributed by atoms with van der Waals surface area (Å²) in [4.78, 5) is 26.3. The van der Waals surface area contributed by atoms with Gasteiger partial charge in [0, 0.05) is 13.1 Å². The van der Waals surface area contributed by atoms with Crippen LogP contribution in [0, 0.1) is 0 Å². The Morgan fingerprint density at radius 3 is 2.53 bits per heavy atom. The molecule has 0 aliphatic carbocycles. The summed E-state index contributed by atoms with van der Waals surface area (Å²) in [6, 6.07) is 10.7. The molecular weight excluding hydrogens is 218 g/mol. The summed E-state index contributed by atoms with van der Waals surface area (Å²) >= 11 is 0. The highest BCUT2D eigenvalue weighted by molar-refractivity contribution is 5.87. The van der Waals surface area contributed by atoms with Crippen molar-refractivity contribution in [3.63, 3.8) is 0 Å². The molecule has 0 saturated heterocycles. The van der Waals surface area contributed by atoms with Crippen LogP contribution in [0.3, 0.4) is 0 Å². The number of benzene rings is 1. The van der Waals surface area contributed by atoms with E-state index >= 15 is 0 Å². The van der Waals surface area contributed by atoms with Gasteiger partial charge in [-0.25, -0.2) is 4.79 Å². The summed E-state index contributed by atoms with van der Waals surface area (Å²) in [6.45, 7) is 1.37. The van der Waals surface area contributed by atoms with E-state index in [0.717, 1.165) is 5.69 Å². The molecule has 1 aromatic heterocycles. The summed E-state index contributed by atoms with van der Waals surface area (Å²) in [6.07, 6.45) is 1.58. The smallest absolute Gasteiger partial charge is 0.311 e. The zero-order valence-electron chi connectivity index (χ0n) is 9.25. The summed E-state index contributed by atoms with van der Waals surface area (Å²) < 4.78 is 1.41. The average Bonchev–Trinajstić information content (AvgIpc) is 2.29. The van der Waals surface area contributed by atoms with E-state index in [1.165, 1.54) is 11.5 Å². The fourth-order valence-corrected chi connectivity index (χ4v) is 1.44. The molecule has 0 atom stereocenters. The Hall–Kier alpha value is -2.43. The first kappa shape index (κ1) is 11.1. The topological polar surface area (TPSA) is 64.0 Å². The number of carbonyl (C=O) groups is 1. The number of nitrogens with one attached hydrogen (secondary N) is 1. The van der Waals surface area contributed by atoms with E-state index in [1.807, 2.05) is 18.2 Å². The fraction of sp³-hybridized carbons (Fsp3) is 0.0833. The predicted octanol–water partition coefficient (Wildman–Crippen LogP) is 1.19. The van der Waals surface area contributed by atoms with E-state index < -0.39 is 5.69 Å². The van der Waals surface area contributed by atoms with Crippen LogP contribution >= 0.6 is 0 Å². The molecule has 0 bridgehead atoms. The lowest BCUT2D eigenvalue weighted by molar-refractivity contribution is -0.114. The van der Waals surface area contributed by atoms with Crippen LogP contribution in [0.15, 0.2) is 47.4 Å². The number of nitrogens with zero attached hydrogens (tertiary/aromatic N) is 2. The minimum absolute atomic E-state index is 0.255. The van der Waals surface area contributed by atoms with Crippen molar-refractivity contribution in [3.8, 4) is 5.69 Å². The van der Waals surface area contributed by atoms with Crippen LogP contribution in [-0.4, -0.2) is 15.5 Å². The SMILES string of the molecule is CC(=O)Nc1ccn(-c2ccccc2)c(=O)n1.